The zero-order valence-electron chi connectivity index (χ0n) is 11.8. The molecular formula is C17H13FN2O2. The second-order valence-corrected chi connectivity index (χ2v) is 4.69. The molecule has 0 radical (unpaired) electrons. The number of carbonyl (C=O) groups is 1. The Morgan fingerprint density at radius 2 is 1.95 bits per heavy atom. The molecule has 1 aromatic heterocycles. The van der Waals surface area contributed by atoms with Gasteiger partial charge >= 0.3 is 0 Å². The van der Waals surface area contributed by atoms with Crippen LogP contribution in [0.25, 0.3) is 10.9 Å². The summed E-state index contributed by atoms with van der Waals surface area (Å²) in [7, 11) is 1.59. The highest BCUT2D eigenvalue weighted by molar-refractivity contribution is 6.04. The predicted octanol–water partition coefficient (Wildman–Crippen LogP) is 3.63. The number of benzene rings is 2. The SMILES string of the molecule is COc1ccc2nc(C(=O)Nc3ccccc3F)ccc2c1. The van der Waals surface area contributed by atoms with E-state index in [1.807, 2.05) is 6.07 Å². The van der Waals surface area contributed by atoms with Crippen LogP contribution >= 0.6 is 0 Å². The number of hydrogen-bond acceptors (Lipinski definition) is 3. The number of amides is 1. The number of halogens is 1. The van der Waals surface area contributed by atoms with Gasteiger partial charge in [0.15, 0.2) is 0 Å². The van der Waals surface area contributed by atoms with Gasteiger partial charge in [0.25, 0.3) is 5.91 Å². The lowest BCUT2D eigenvalue weighted by Gasteiger charge is -2.07. The van der Waals surface area contributed by atoms with E-state index in [0.717, 1.165) is 11.1 Å². The molecule has 1 N–H and O–H groups in total. The summed E-state index contributed by atoms with van der Waals surface area (Å²) < 4.78 is 18.7. The number of pyridine rings is 1. The Morgan fingerprint density at radius 1 is 1.14 bits per heavy atom. The van der Waals surface area contributed by atoms with Crippen molar-refractivity contribution in [2.24, 2.45) is 0 Å². The van der Waals surface area contributed by atoms with Crippen molar-refractivity contribution in [1.82, 2.24) is 4.98 Å². The molecule has 0 aliphatic heterocycles. The third-order valence-corrected chi connectivity index (χ3v) is 3.25. The van der Waals surface area contributed by atoms with Crippen LogP contribution < -0.4 is 10.1 Å². The molecule has 2 aromatic carbocycles. The standard InChI is InChI=1S/C17H13FN2O2/c1-22-12-7-9-14-11(10-12)6-8-16(19-14)17(21)20-15-5-3-2-4-13(15)18/h2-10H,1H3,(H,20,21). The summed E-state index contributed by atoms with van der Waals surface area (Å²) in [6.07, 6.45) is 0. The van der Waals surface area contributed by atoms with E-state index < -0.39 is 11.7 Å². The van der Waals surface area contributed by atoms with Crippen molar-refractivity contribution in [2.75, 3.05) is 12.4 Å². The monoisotopic (exact) mass is 296 g/mol. The Bertz CT molecular complexity index is 849. The lowest BCUT2D eigenvalue weighted by molar-refractivity contribution is 0.102. The molecule has 0 unspecified atom stereocenters. The maximum atomic E-state index is 13.6. The molecule has 4 nitrogen and oxygen atoms in total. The van der Waals surface area contributed by atoms with Gasteiger partial charge in [0.1, 0.15) is 17.3 Å². The van der Waals surface area contributed by atoms with Crippen LogP contribution in [-0.2, 0) is 0 Å². The van der Waals surface area contributed by atoms with Crippen molar-refractivity contribution < 1.29 is 13.9 Å². The number of para-hydroxylation sites is 1. The van der Waals surface area contributed by atoms with Gasteiger partial charge in [0.05, 0.1) is 18.3 Å². The van der Waals surface area contributed by atoms with Gasteiger partial charge in [-0.15, -0.1) is 0 Å². The number of anilines is 1. The minimum atomic E-state index is -0.485. The number of methoxy groups -OCH3 is 1. The van der Waals surface area contributed by atoms with E-state index in [1.165, 1.54) is 12.1 Å². The number of nitrogens with one attached hydrogen (secondary N) is 1. The molecule has 0 aliphatic carbocycles. The highest BCUT2D eigenvalue weighted by Gasteiger charge is 2.11. The number of nitrogens with zero attached hydrogens (tertiary/aromatic N) is 1. The van der Waals surface area contributed by atoms with Crippen LogP contribution in [0.2, 0.25) is 0 Å². The zero-order valence-corrected chi connectivity index (χ0v) is 11.8. The average molecular weight is 296 g/mol. The Balaban J connectivity index is 1.90. The van der Waals surface area contributed by atoms with Crippen LogP contribution in [0.1, 0.15) is 10.5 Å². The lowest BCUT2D eigenvalue weighted by atomic mass is 10.2. The van der Waals surface area contributed by atoms with E-state index in [4.69, 9.17) is 4.74 Å². The molecule has 0 fully saturated rings. The summed E-state index contributed by atoms with van der Waals surface area (Å²) in [4.78, 5) is 16.5. The van der Waals surface area contributed by atoms with Crippen LogP contribution in [0.4, 0.5) is 10.1 Å². The smallest absolute Gasteiger partial charge is 0.274 e. The number of hydrogen-bond donors (Lipinski definition) is 1. The van der Waals surface area contributed by atoms with E-state index in [1.54, 1.807) is 43.5 Å². The first-order valence-electron chi connectivity index (χ1n) is 6.68. The van der Waals surface area contributed by atoms with Gasteiger partial charge < -0.3 is 10.1 Å². The van der Waals surface area contributed by atoms with Crippen molar-refractivity contribution >= 4 is 22.5 Å². The molecule has 1 amide bonds. The molecule has 22 heavy (non-hydrogen) atoms. The van der Waals surface area contributed by atoms with Crippen LogP contribution in [0.5, 0.6) is 5.75 Å². The number of carbonyl (C=O) groups excluding carboxylic acids is 1. The molecule has 0 aliphatic rings. The molecule has 0 atom stereocenters. The average Bonchev–Trinajstić information content (AvgIpc) is 2.56. The van der Waals surface area contributed by atoms with E-state index in [0.29, 0.717) is 5.52 Å². The molecular weight excluding hydrogens is 283 g/mol. The molecule has 3 rings (SSSR count). The van der Waals surface area contributed by atoms with Crippen molar-refractivity contribution in [2.45, 2.75) is 0 Å². The Kier molecular flexibility index (Phi) is 3.70. The Morgan fingerprint density at radius 3 is 2.73 bits per heavy atom. The Labute approximate surface area is 126 Å². The second kappa shape index (κ2) is 5.81. The molecule has 0 bridgehead atoms. The topological polar surface area (TPSA) is 51.2 Å². The second-order valence-electron chi connectivity index (χ2n) is 4.69. The molecule has 1 heterocycles. The summed E-state index contributed by atoms with van der Waals surface area (Å²) in [6.45, 7) is 0. The van der Waals surface area contributed by atoms with Crippen molar-refractivity contribution in [3.8, 4) is 5.75 Å². The van der Waals surface area contributed by atoms with Gasteiger partial charge in [0, 0.05) is 5.39 Å². The van der Waals surface area contributed by atoms with E-state index in [-0.39, 0.29) is 11.4 Å². The van der Waals surface area contributed by atoms with Gasteiger partial charge in [-0.2, -0.15) is 0 Å². The largest absolute Gasteiger partial charge is 0.497 e. The van der Waals surface area contributed by atoms with Crippen LogP contribution in [0, 0.1) is 5.82 Å². The number of ether oxygens (including phenoxy) is 1. The Hall–Kier alpha value is -2.95. The fraction of sp³-hybridized carbons (Fsp3) is 0.0588. The maximum Gasteiger partial charge on any atom is 0.274 e. The minimum absolute atomic E-state index is 0.129. The predicted molar refractivity (Wildman–Crippen MR) is 82.6 cm³/mol. The lowest BCUT2D eigenvalue weighted by Crippen LogP contribution is -2.14. The number of fused-ring (bicyclic) bond motifs is 1. The maximum absolute atomic E-state index is 13.6. The summed E-state index contributed by atoms with van der Waals surface area (Å²) >= 11 is 0. The fourth-order valence-electron chi connectivity index (χ4n) is 2.11. The van der Waals surface area contributed by atoms with E-state index in [2.05, 4.69) is 10.3 Å². The number of aromatic nitrogens is 1. The van der Waals surface area contributed by atoms with Gasteiger partial charge in [0.2, 0.25) is 0 Å². The van der Waals surface area contributed by atoms with Crippen LogP contribution in [-0.4, -0.2) is 18.0 Å². The van der Waals surface area contributed by atoms with E-state index in [9.17, 15) is 9.18 Å². The molecule has 110 valence electrons. The molecule has 0 saturated carbocycles. The van der Waals surface area contributed by atoms with Gasteiger partial charge in [-0.05, 0) is 36.4 Å². The van der Waals surface area contributed by atoms with Crippen molar-refractivity contribution in [3.05, 3.63) is 66.1 Å². The normalized spacial score (nSPS) is 10.5. The van der Waals surface area contributed by atoms with Crippen molar-refractivity contribution in [3.63, 3.8) is 0 Å². The first kappa shape index (κ1) is 14.0. The van der Waals surface area contributed by atoms with Crippen molar-refractivity contribution in [1.29, 1.82) is 0 Å². The molecule has 5 heteroatoms. The highest BCUT2D eigenvalue weighted by Crippen LogP contribution is 2.20. The molecule has 3 aromatic rings. The first-order chi connectivity index (χ1) is 10.7. The number of rotatable bonds is 3. The summed E-state index contributed by atoms with van der Waals surface area (Å²) in [5, 5.41) is 3.38. The highest BCUT2D eigenvalue weighted by atomic mass is 19.1. The fourth-order valence-corrected chi connectivity index (χ4v) is 2.11. The van der Waals surface area contributed by atoms with Gasteiger partial charge in [-0.25, -0.2) is 9.37 Å². The first-order valence-corrected chi connectivity index (χ1v) is 6.68. The summed E-state index contributed by atoms with van der Waals surface area (Å²) in [6, 6.07) is 14.8. The van der Waals surface area contributed by atoms with Crippen LogP contribution in [0.15, 0.2) is 54.6 Å². The summed E-state index contributed by atoms with van der Waals surface area (Å²) in [5.41, 5.74) is 1.02. The summed E-state index contributed by atoms with van der Waals surface area (Å²) in [5.74, 6) is -0.220. The zero-order chi connectivity index (χ0) is 15.5. The van der Waals surface area contributed by atoms with Gasteiger partial charge in [-0.1, -0.05) is 18.2 Å². The molecule has 0 saturated heterocycles. The third-order valence-electron chi connectivity index (χ3n) is 3.25. The third kappa shape index (κ3) is 2.74. The van der Waals surface area contributed by atoms with E-state index >= 15 is 0 Å². The van der Waals surface area contributed by atoms with Gasteiger partial charge in [-0.3, -0.25) is 4.79 Å². The minimum Gasteiger partial charge on any atom is -0.497 e. The quantitative estimate of drug-likeness (QED) is 0.803. The van der Waals surface area contributed by atoms with Crippen LogP contribution in [0.3, 0.4) is 0 Å². The molecule has 0 spiro atoms.